The van der Waals surface area contributed by atoms with Crippen LogP contribution in [0.5, 0.6) is 5.75 Å². The number of benzene rings is 3. The number of hydrogen-bond donors (Lipinski definition) is 0. The fourth-order valence-corrected chi connectivity index (χ4v) is 5.75. The molecule has 2 atom stereocenters. The Bertz CT molecular complexity index is 1190. The summed E-state index contributed by atoms with van der Waals surface area (Å²) >= 11 is 0. The third-order valence-corrected chi connectivity index (χ3v) is 7.38. The molecule has 0 aromatic heterocycles. The highest BCUT2D eigenvalue weighted by molar-refractivity contribution is 7.91. The lowest BCUT2D eigenvalue weighted by Gasteiger charge is -2.31. The predicted octanol–water partition coefficient (Wildman–Crippen LogP) is 3.96. The van der Waals surface area contributed by atoms with Crippen molar-refractivity contribution in [1.82, 2.24) is 4.90 Å². The molecule has 4 rings (SSSR count). The standard InChI is InChI=1S/C24H24FNO4S/c1-17(30-22-11-9-20(25)10-12-22)24(27)26(21-13-14-31(28,29)16-21)15-19-7-4-6-18-5-2-3-8-23(18)19/h2-12,17,21H,13-16H2,1H3/t17-,21-/m1/s1. The molecule has 3 aromatic rings. The van der Waals surface area contributed by atoms with E-state index in [1.54, 1.807) is 11.8 Å². The molecular weight excluding hydrogens is 417 g/mol. The Morgan fingerprint density at radius 1 is 1.10 bits per heavy atom. The molecule has 0 aliphatic carbocycles. The van der Waals surface area contributed by atoms with Gasteiger partial charge >= 0.3 is 0 Å². The van der Waals surface area contributed by atoms with E-state index in [1.165, 1.54) is 24.3 Å². The van der Waals surface area contributed by atoms with Crippen molar-refractivity contribution >= 4 is 26.5 Å². The van der Waals surface area contributed by atoms with E-state index in [0.717, 1.165) is 16.3 Å². The molecular formula is C24H24FNO4S. The van der Waals surface area contributed by atoms with Crippen LogP contribution < -0.4 is 4.74 Å². The summed E-state index contributed by atoms with van der Waals surface area (Å²) in [6.45, 7) is 1.92. The van der Waals surface area contributed by atoms with Crippen molar-refractivity contribution in [3.8, 4) is 5.75 Å². The molecule has 1 aliphatic heterocycles. The van der Waals surface area contributed by atoms with Crippen LogP contribution in [0.2, 0.25) is 0 Å². The minimum Gasteiger partial charge on any atom is -0.481 e. The molecule has 3 aromatic carbocycles. The Kier molecular flexibility index (Phi) is 5.96. The molecule has 0 radical (unpaired) electrons. The maximum absolute atomic E-state index is 13.4. The van der Waals surface area contributed by atoms with Gasteiger partial charge in [-0.3, -0.25) is 4.79 Å². The smallest absolute Gasteiger partial charge is 0.263 e. The highest BCUT2D eigenvalue weighted by Gasteiger charge is 2.36. The van der Waals surface area contributed by atoms with E-state index in [2.05, 4.69) is 0 Å². The number of halogens is 1. The number of carbonyl (C=O) groups excluding carboxylic acids is 1. The number of amides is 1. The summed E-state index contributed by atoms with van der Waals surface area (Å²) in [5.41, 5.74) is 0.949. The van der Waals surface area contributed by atoms with Gasteiger partial charge in [0.05, 0.1) is 11.5 Å². The minimum atomic E-state index is -3.17. The van der Waals surface area contributed by atoms with Crippen molar-refractivity contribution in [2.45, 2.75) is 32.0 Å². The van der Waals surface area contributed by atoms with E-state index in [4.69, 9.17) is 4.74 Å². The molecule has 1 aliphatic rings. The van der Waals surface area contributed by atoms with E-state index < -0.39 is 22.0 Å². The molecule has 0 unspecified atom stereocenters. The molecule has 1 heterocycles. The van der Waals surface area contributed by atoms with Gasteiger partial charge < -0.3 is 9.64 Å². The highest BCUT2D eigenvalue weighted by Crippen LogP contribution is 2.26. The molecule has 0 saturated carbocycles. The summed E-state index contributed by atoms with van der Waals surface area (Å²) in [5, 5.41) is 2.08. The second-order valence-corrected chi connectivity index (χ2v) is 10.1. The zero-order valence-corrected chi connectivity index (χ0v) is 18.0. The summed E-state index contributed by atoms with van der Waals surface area (Å²) in [4.78, 5) is 15.0. The van der Waals surface area contributed by atoms with Gasteiger partial charge in [0.15, 0.2) is 15.9 Å². The van der Waals surface area contributed by atoms with Crippen LogP contribution in [-0.2, 0) is 21.2 Å². The Morgan fingerprint density at radius 2 is 1.81 bits per heavy atom. The summed E-state index contributed by atoms with van der Waals surface area (Å²) < 4.78 is 43.2. The average Bonchev–Trinajstić information content (AvgIpc) is 3.12. The van der Waals surface area contributed by atoms with E-state index in [-0.39, 0.29) is 29.8 Å². The van der Waals surface area contributed by atoms with Gasteiger partial charge in [-0.25, -0.2) is 12.8 Å². The first kappa shape index (κ1) is 21.3. The Balaban J connectivity index is 1.62. The van der Waals surface area contributed by atoms with Crippen LogP contribution in [0.25, 0.3) is 10.8 Å². The largest absolute Gasteiger partial charge is 0.481 e. The summed E-state index contributed by atoms with van der Waals surface area (Å²) in [6.07, 6.45) is -0.439. The Labute approximate surface area is 181 Å². The lowest BCUT2D eigenvalue weighted by molar-refractivity contribution is -0.140. The first-order valence-corrected chi connectivity index (χ1v) is 12.0. The lowest BCUT2D eigenvalue weighted by atomic mass is 10.0. The molecule has 0 N–H and O–H groups in total. The Morgan fingerprint density at radius 3 is 2.52 bits per heavy atom. The van der Waals surface area contributed by atoms with E-state index in [9.17, 15) is 17.6 Å². The molecule has 31 heavy (non-hydrogen) atoms. The molecule has 5 nitrogen and oxygen atoms in total. The van der Waals surface area contributed by atoms with Gasteiger partial charge in [0.2, 0.25) is 0 Å². The molecule has 7 heteroatoms. The Hall–Kier alpha value is -2.93. The van der Waals surface area contributed by atoms with Crippen molar-refractivity contribution in [1.29, 1.82) is 0 Å². The van der Waals surface area contributed by atoms with Gasteiger partial charge in [0, 0.05) is 12.6 Å². The summed E-state index contributed by atoms with van der Waals surface area (Å²) in [6, 6.07) is 18.9. The lowest BCUT2D eigenvalue weighted by Crippen LogP contribution is -2.46. The third kappa shape index (κ3) is 4.88. The summed E-state index contributed by atoms with van der Waals surface area (Å²) in [5.74, 6) is -0.275. The van der Waals surface area contributed by atoms with Crippen LogP contribution in [0.4, 0.5) is 4.39 Å². The zero-order chi connectivity index (χ0) is 22.0. The van der Waals surface area contributed by atoms with Gasteiger partial charge in [-0.1, -0.05) is 42.5 Å². The van der Waals surface area contributed by atoms with Gasteiger partial charge in [-0.2, -0.15) is 0 Å². The second kappa shape index (κ2) is 8.67. The maximum Gasteiger partial charge on any atom is 0.263 e. The molecule has 0 bridgehead atoms. The number of rotatable bonds is 6. The average molecular weight is 442 g/mol. The first-order chi connectivity index (χ1) is 14.8. The van der Waals surface area contributed by atoms with Crippen molar-refractivity contribution in [3.05, 3.63) is 78.1 Å². The summed E-state index contributed by atoms with van der Waals surface area (Å²) in [7, 11) is -3.17. The van der Waals surface area contributed by atoms with Gasteiger partial charge in [-0.05, 0) is 53.9 Å². The predicted molar refractivity (Wildman–Crippen MR) is 118 cm³/mol. The van der Waals surface area contributed by atoms with E-state index in [0.29, 0.717) is 12.2 Å². The normalized spacial score (nSPS) is 18.6. The van der Waals surface area contributed by atoms with Crippen molar-refractivity contribution in [3.63, 3.8) is 0 Å². The van der Waals surface area contributed by atoms with Crippen LogP contribution in [0.1, 0.15) is 18.9 Å². The van der Waals surface area contributed by atoms with Crippen LogP contribution in [-0.4, -0.2) is 42.9 Å². The quantitative estimate of drug-likeness (QED) is 0.581. The fourth-order valence-electron chi connectivity index (χ4n) is 4.02. The number of fused-ring (bicyclic) bond motifs is 1. The number of sulfone groups is 1. The topological polar surface area (TPSA) is 63.7 Å². The molecule has 1 amide bonds. The van der Waals surface area contributed by atoms with Gasteiger partial charge in [-0.15, -0.1) is 0 Å². The molecule has 1 saturated heterocycles. The number of hydrogen-bond acceptors (Lipinski definition) is 4. The SMILES string of the molecule is C[C@@H](Oc1ccc(F)cc1)C(=O)N(Cc1cccc2ccccc12)[C@@H]1CCS(=O)(=O)C1. The molecule has 1 fully saturated rings. The van der Waals surface area contributed by atoms with Crippen molar-refractivity contribution in [2.24, 2.45) is 0 Å². The van der Waals surface area contributed by atoms with Crippen LogP contribution in [0.3, 0.4) is 0 Å². The van der Waals surface area contributed by atoms with Crippen LogP contribution in [0.15, 0.2) is 66.7 Å². The first-order valence-electron chi connectivity index (χ1n) is 10.2. The van der Waals surface area contributed by atoms with Crippen LogP contribution >= 0.6 is 0 Å². The maximum atomic E-state index is 13.4. The number of nitrogens with zero attached hydrogens (tertiary/aromatic N) is 1. The third-order valence-electron chi connectivity index (χ3n) is 5.63. The zero-order valence-electron chi connectivity index (χ0n) is 17.2. The van der Waals surface area contributed by atoms with E-state index >= 15 is 0 Å². The fraction of sp³-hybridized carbons (Fsp3) is 0.292. The number of carbonyl (C=O) groups is 1. The second-order valence-electron chi connectivity index (χ2n) is 7.88. The molecule has 162 valence electrons. The monoisotopic (exact) mass is 441 g/mol. The van der Waals surface area contributed by atoms with Crippen LogP contribution in [0, 0.1) is 5.82 Å². The highest BCUT2D eigenvalue weighted by atomic mass is 32.2. The number of ether oxygens (including phenoxy) is 1. The minimum absolute atomic E-state index is 0.0488. The van der Waals surface area contributed by atoms with Crippen molar-refractivity contribution in [2.75, 3.05) is 11.5 Å². The van der Waals surface area contributed by atoms with Gasteiger partial charge in [0.25, 0.3) is 5.91 Å². The van der Waals surface area contributed by atoms with Crippen molar-refractivity contribution < 1.29 is 22.3 Å². The van der Waals surface area contributed by atoms with E-state index in [1.807, 2.05) is 42.5 Å². The molecule has 0 spiro atoms. The van der Waals surface area contributed by atoms with Gasteiger partial charge in [0.1, 0.15) is 11.6 Å².